The summed E-state index contributed by atoms with van der Waals surface area (Å²) < 4.78 is 27.4. The van der Waals surface area contributed by atoms with Crippen LogP contribution in [0.5, 0.6) is 28.7 Å². The maximum atomic E-state index is 5.88. The molecular weight excluding hydrogens is 464 g/mol. The second kappa shape index (κ2) is 12.2. The number of nitrogens with one attached hydrogen (secondary N) is 1. The third-order valence-electron chi connectivity index (χ3n) is 5.56. The summed E-state index contributed by atoms with van der Waals surface area (Å²) in [6.07, 6.45) is 0. The van der Waals surface area contributed by atoms with Crippen molar-refractivity contribution in [3.63, 3.8) is 0 Å². The van der Waals surface area contributed by atoms with Gasteiger partial charge in [0.15, 0.2) is 16.6 Å². The molecule has 7 nitrogen and oxygen atoms in total. The molecule has 8 heteroatoms. The lowest BCUT2D eigenvalue weighted by Crippen LogP contribution is -2.34. The largest absolute Gasteiger partial charge is 0.497 e. The molecule has 0 bridgehead atoms. The number of rotatable bonds is 10. The van der Waals surface area contributed by atoms with Crippen molar-refractivity contribution in [2.45, 2.75) is 20.0 Å². The molecule has 3 aromatic carbocycles. The zero-order chi connectivity index (χ0) is 25.4. The van der Waals surface area contributed by atoms with Gasteiger partial charge in [-0.3, -0.25) is 0 Å². The average Bonchev–Trinajstić information content (AvgIpc) is 2.88. The third kappa shape index (κ3) is 6.48. The van der Waals surface area contributed by atoms with E-state index in [1.54, 1.807) is 35.5 Å². The van der Waals surface area contributed by atoms with Gasteiger partial charge in [-0.25, -0.2) is 0 Å². The highest BCUT2D eigenvalue weighted by Gasteiger charge is 2.19. The van der Waals surface area contributed by atoms with Crippen LogP contribution in [-0.4, -0.2) is 45.6 Å². The lowest BCUT2D eigenvalue weighted by molar-refractivity contribution is 0.341. The molecule has 1 N–H and O–H groups in total. The fourth-order valence-electron chi connectivity index (χ4n) is 3.69. The van der Waals surface area contributed by atoms with E-state index in [2.05, 4.69) is 10.2 Å². The molecule has 0 saturated carbocycles. The van der Waals surface area contributed by atoms with Crippen molar-refractivity contribution in [1.29, 1.82) is 0 Å². The summed E-state index contributed by atoms with van der Waals surface area (Å²) in [5.74, 6) is 3.41. The summed E-state index contributed by atoms with van der Waals surface area (Å²) in [6.45, 7) is 3.05. The van der Waals surface area contributed by atoms with E-state index in [4.69, 9.17) is 35.9 Å². The van der Waals surface area contributed by atoms with Gasteiger partial charge in [0.1, 0.15) is 17.2 Å². The number of hydrogen-bond acceptors (Lipinski definition) is 6. The number of methoxy groups -OCH3 is 5. The van der Waals surface area contributed by atoms with Gasteiger partial charge < -0.3 is 33.9 Å². The minimum Gasteiger partial charge on any atom is -0.497 e. The first kappa shape index (κ1) is 26.0. The summed E-state index contributed by atoms with van der Waals surface area (Å²) in [6, 6.07) is 17.6. The molecule has 0 amide bonds. The lowest BCUT2D eigenvalue weighted by Gasteiger charge is -2.28. The van der Waals surface area contributed by atoms with Crippen molar-refractivity contribution >= 4 is 23.0 Å². The first-order chi connectivity index (χ1) is 16.9. The molecule has 0 unspecified atom stereocenters. The van der Waals surface area contributed by atoms with Crippen LogP contribution in [0.25, 0.3) is 0 Å². The average molecular weight is 497 g/mol. The topological polar surface area (TPSA) is 61.4 Å². The number of ether oxygens (including phenoxy) is 5. The Morgan fingerprint density at radius 3 is 1.94 bits per heavy atom. The van der Waals surface area contributed by atoms with E-state index in [0.717, 1.165) is 28.1 Å². The Bertz CT molecular complexity index is 1150. The zero-order valence-corrected chi connectivity index (χ0v) is 21.8. The predicted molar refractivity (Wildman–Crippen MR) is 142 cm³/mol. The molecule has 3 aromatic rings. The number of hydrogen-bond donors (Lipinski definition) is 1. The second-order valence-electron chi connectivity index (χ2n) is 7.86. The molecule has 0 atom stereocenters. The second-order valence-corrected chi connectivity index (χ2v) is 8.24. The van der Waals surface area contributed by atoms with Crippen LogP contribution in [0.15, 0.2) is 54.6 Å². The Balaban J connectivity index is 1.96. The maximum Gasteiger partial charge on any atom is 0.174 e. The van der Waals surface area contributed by atoms with Gasteiger partial charge in [0.05, 0.1) is 41.2 Å². The van der Waals surface area contributed by atoms with Crippen LogP contribution in [0.2, 0.25) is 0 Å². The highest BCUT2D eigenvalue weighted by Crippen LogP contribution is 2.35. The summed E-state index contributed by atoms with van der Waals surface area (Å²) >= 11 is 5.88. The standard InChI is InChI=1S/C27H32N2O5S/c1-18-7-12-23(31-3)22(13-18)28-27(35)29(16-19-8-10-21(30-2)11-9-19)17-20-14-25(33-5)26(34-6)15-24(20)32-4/h7-15H,16-17H2,1-6H3,(H,28,35). The minimum absolute atomic E-state index is 0.468. The van der Waals surface area contributed by atoms with Gasteiger partial charge in [0.25, 0.3) is 0 Å². The lowest BCUT2D eigenvalue weighted by atomic mass is 10.1. The number of thiocarbonyl (C=S) groups is 1. The molecule has 0 heterocycles. The van der Waals surface area contributed by atoms with Crippen molar-refractivity contribution in [3.8, 4) is 28.7 Å². The molecule has 0 spiro atoms. The number of nitrogens with zero attached hydrogens (tertiary/aromatic N) is 1. The maximum absolute atomic E-state index is 5.88. The molecule has 0 aliphatic rings. The monoisotopic (exact) mass is 496 g/mol. The van der Waals surface area contributed by atoms with Gasteiger partial charge in [-0.15, -0.1) is 0 Å². The smallest absolute Gasteiger partial charge is 0.174 e. The van der Waals surface area contributed by atoms with Gasteiger partial charge in [-0.1, -0.05) is 18.2 Å². The van der Waals surface area contributed by atoms with E-state index < -0.39 is 0 Å². The molecule has 0 aliphatic heterocycles. The van der Waals surface area contributed by atoms with E-state index in [0.29, 0.717) is 41.2 Å². The van der Waals surface area contributed by atoms with Crippen molar-refractivity contribution in [3.05, 3.63) is 71.3 Å². The Labute approximate surface area is 212 Å². The van der Waals surface area contributed by atoms with Gasteiger partial charge in [0.2, 0.25) is 0 Å². The predicted octanol–water partition coefficient (Wildman–Crippen LogP) is 5.44. The quantitative estimate of drug-likeness (QED) is 0.373. The molecular formula is C27H32N2O5S. The molecule has 0 saturated heterocycles. The summed E-state index contributed by atoms with van der Waals surface area (Å²) in [5, 5.41) is 3.91. The molecule has 0 radical (unpaired) electrons. The van der Waals surface area contributed by atoms with Crippen LogP contribution in [0, 0.1) is 6.92 Å². The Morgan fingerprint density at radius 1 is 0.714 bits per heavy atom. The molecule has 0 fully saturated rings. The van der Waals surface area contributed by atoms with E-state index >= 15 is 0 Å². The van der Waals surface area contributed by atoms with Gasteiger partial charge in [-0.05, 0) is 60.6 Å². The van der Waals surface area contributed by atoms with E-state index in [9.17, 15) is 0 Å². The molecule has 0 aliphatic carbocycles. The molecule has 186 valence electrons. The minimum atomic E-state index is 0.468. The summed E-state index contributed by atoms with van der Waals surface area (Å²) in [5.41, 5.74) is 3.88. The van der Waals surface area contributed by atoms with Crippen LogP contribution < -0.4 is 29.0 Å². The Hall–Kier alpha value is -3.65. The van der Waals surface area contributed by atoms with Crippen LogP contribution in [0.3, 0.4) is 0 Å². The molecule has 35 heavy (non-hydrogen) atoms. The van der Waals surface area contributed by atoms with Crippen molar-refractivity contribution in [1.82, 2.24) is 4.90 Å². The Morgan fingerprint density at radius 2 is 1.34 bits per heavy atom. The first-order valence-electron chi connectivity index (χ1n) is 11.0. The van der Waals surface area contributed by atoms with Crippen LogP contribution in [0.4, 0.5) is 5.69 Å². The molecule has 0 aromatic heterocycles. The van der Waals surface area contributed by atoms with Crippen molar-refractivity contribution in [2.24, 2.45) is 0 Å². The summed E-state index contributed by atoms with van der Waals surface area (Å²) in [4.78, 5) is 2.06. The first-order valence-corrected chi connectivity index (χ1v) is 11.5. The normalized spacial score (nSPS) is 10.3. The van der Waals surface area contributed by atoms with E-state index in [-0.39, 0.29) is 0 Å². The highest BCUT2D eigenvalue weighted by molar-refractivity contribution is 7.80. The fourth-order valence-corrected chi connectivity index (χ4v) is 3.93. The Kier molecular flexibility index (Phi) is 9.03. The number of anilines is 1. The summed E-state index contributed by atoms with van der Waals surface area (Å²) in [7, 11) is 8.13. The number of aryl methyl sites for hydroxylation is 1. The molecule has 3 rings (SSSR count). The van der Waals surface area contributed by atoms with Crippen LogP contribution in [0.1, 0.15) is 16.7 Å². The number of benzene rings is 3. The fraction of sp³-hybridized carbons (Fsp3) is 0.296. The van der Waals surface area contributed by atoms with Crippen molar-refractivity contribution in [2.75, 3.05) is 40.9 Å². The van der Waals surface area contributed by atoms with E-state index in [1.165, 1.54) is 0 Å². The highest BCUT2D eigenvalue weighted by atomic mass is 32.1. The van der Waals surface area contributed by atoms with Gasteiger partial charge in [0, 0.05) is 24.7 Å². The van der Waals surface area contributed by atoms with Gasteiger partial charge in [-0.2, -0.15) is 0 Å². The SMILES string of the molecule is COc1ccc(CN(Cc2cc(OC)c(OC)cc2OC)C(=S)Nc2cc(C)ccc2OC)cc1. The van der Waals surface area contributed by atoms with Crippen LogP contribution >= 0.6 is 12.2 Å². The van der Waals surface area contributed by atoms with Gasteiger partial charge >= 0.3 is 0 Å². The third-order valence-corrected chi connectivity index (χ3v) is 5.92. The zero-order valence-electron chi connectivity index (χ0n) is 21.0. The van der Waals surface area contributed by atoms with E-state index in [1.807, 2.05) is 61.5 Å². The van der Waals surface area contributed by atoms with Crippen molar-refractivity contribution < 1.29 is 23.7 Å². The van der Waals surface area contributed by atoms with Crippen LogP contribution in [-0.2, 0) is 13.1 Å².